The van der Waals surface area contributed by atoms with E-state index in [2.05, 4.69) is 72.2 Å². The van der Waals surface area contributed by atoms with Crippen molar-refractivity contribution < 1.29 is 5.11 Å². The van der Waals surface area contributed by atoms with Crippen molar-refractivity contribution in [3.63, 3.8) is 0 Å². The highest BCUT2D eigenvalue weighted by atomic mass is 16.3. The number of hydrogen-bond acceptors (Lipinski definition) is 6. The maximum absolute atomic E-state index is 13.0. The summed E-state index contributed by atoms with van der Waals surface area (Å²) >= 11 is 0. The number of hydrogen-bond donors (Lipinski definition) is 2. The topological polar surface area (TPSA) is 99.9 Å². The van der Waals surface area contributed by atoms with E-state index in [-0.39, 0.29) is 23.7 Å². The van der Waals surface area contributed by atoms with Crippen LogP contribution in [-0.2, 0) is 12.1 Å². The molecule has 2 N–H and O–H groups in total. The quantitative estimate of drug-likeness (QED) is 0.454. The monoisotopic (exact) mass is 454 g/mol. The van der Waals surface area contributed by atoms with E-state index < -0.39 is 0 Å². The van der Waals surface area contributed by atoms with Crippen LogP contribution >= 0.6 is 0 Å². The summed E-state index contributed by atoms with van der Waals surface area (Å²) < 4.78 is 1.93. The van der Waals surface area contributed by atoms with Gasteiger partial charge in [0.05, 0.1) is 17.1 Å². The molecule has 180 valence electrons. The lowest BCUT2D eigenvalue weighted by Gasteiger charge is -2.33. The van der Waals surface area contributed by atoms with E-state index in [0.29, 0.717) is 25.1 Å². The first-order valence-electron chi connectivity index (χ1n) is 12.0. The number of aliphatic hydroxyl groups is 1. The van der Waals surface area contributed by atoms with Crippen LogP contribution < -0.4 is 5.56 Å². The molecule has 1 atom stereocenters. The summed E-state index contributed by atoms with van der Waals surface area (Å²) in [5.41, 5.74) is 3.53. The van der Waals surface area contributed by atoms with Crippen LogP contribution in [0.5, 0.6) is 0 Å². The van der Waals surface area contributed by atoms with Crippen molar-refractivity contribution >= 4 is 10.9 Å². The van der Waals surface area contributed by atoms with Crippen LogP contribution in [0.3, 0.4) is 0 Å². The van der Waals surface area contributed by atoms with Crippen molar-refractivity contribution in [2.24, 2.45) is 0 Å². The number of aliphatic hydroxyl groups excluding tert-OH is 1. The molecule has 0 fully saturated rings. The van der Waals surface area contributed by atoms with Gasteiger partial charge in [0.15, 0.2) is 5.82 Å². The Morgan fingerprint density at radius 1 is 1.21 bits per heavy atom. The highest BCUT2D eigenvalue weighted by Crippen LogP contribution is 2.30. The molecule has 0 aliphatic carbocycles. The Morgan fingerprint density at radius 2 is 1.97 bits per heavy atom. The van der Waals surface area contributed by atoms with E-state index >= 15 is 0 Å². The number of pyridine rings is 1. The summed E-state index contributed by atoms with van der Waals surface area (Å²) in [4.78, 5) is 18.4. The Balaban J connectivity index is 2.05. The SMILES string of the molecule is CCC[C@H](c1nnnn1C(C)(C)CC)N(CCCO)Cc1cc2cc(C)cc(C)c2[nH]c1=O. The summed E-state index contributed by atoms with van der Waals surface area (Å²) in [6.45, 7) is 13.8. The molecule has 2 heterocycles. The lowest BCUT2D eigenvalue weighted by Crippen LogP contribution is -2.37. The molecule has 1 aromatic carbocycles. The summed E-state index contributed by atoms with van der Waals surface area (Å²) in [5, 5.41) is 23.4. The van der Waals surface area contributed by atoms with Gasteiger partial charge in [-0.05, 0) is 80.5 Å². The second kappa shape index (κ2) is 10.6. The molecule has 0 aliphatic rings. The zero-order valence-electron chi connectivity index (χ0n) is 20.9. The standard InChI is InChI=1S/C25H38N6O2/c1-7-10-21(23-27-28-29-31(23)25(5,6)8-2)30(11-9-12-32)16-20-15-19-14-17(3)13-18(4)22(19)26-24(20)33/h13-15,21,32H,7-12,16H2,1-6H3,(H,26,33)/t21-/m1/s1. The molecule has 0 unspecified atom stereocenters. The minimum Gasteiger partial charge on any atom is -0.396 e. The smallest absolute Gasteiger partial charge is 0.252 e. The first kappa shape index (κ1) is 25.1. The fourth-order valence-electron chi connectivity index (χ4n) is 4.42. The van der Waals surface area contributed by atoms with Crippen LogP contribution in [-0.4, -0.2) is 48.3 Å². The van der Waals surface area contributed by atoms with Gasteiger partial charge in [0, 0.05) is 25.3 Å². The predicted molar refractivity (Wildman–Crippen MR) is 131 cm³/mol. The lowest BCUT2D eigenvalue weighted by atomic mass is 10.0. The Bertz CT molecular complexity index is 1130. The number of tetrazole rings is 1. The van der Waals surface area contributed by atoms with Crippen molar-refractivity contribution in [2.45, 2.75) is 85.4 Å². The van der Waals surface area contributed by atoms with Gasteiger partial charge < -0.3 is 10.1 Å². The Labute approximate surface area is 196 Å². The lowest BCUT2D eigenvalue weighted by molar-refractivity contribution is 0.139. The van der Waals surface area contributed by atoms with E-state index in [0.717, 1.165) is 41.6 Å². The molecular weight excluding hydrogens is 416 g/mol. The number of nitrogens with zero attached hydrogens (tertiary/aromatic N) is 5. The van der Waals surface area contributed by atoms with Crippen LogP contribution in [0.15, 0.2) is 23.0 Å². The second-order valence-corrected chi connectivity index (χ2v) is 9.64. The van der Waals surface area contributed by atoms with E-state index in [4.69, 9.17) is 0 Å². The molecule has 8 heteroatoms. The summed E-state index contributed by atoms with van der Waals surface area (Å²) in [7, 11) is 0. The van der Waals surface area contributed by atoms with E-state index in [1.807, 2.05) is 17.7 Å². The summed E-state index contributed by atoms with van der Waals surface area (Å²) in [6.07, 6.45) is 3.31. The molecule has 8 nitrogen and oxygen atoms in total. The highest BCUT2D eigenvalue weighted by molar-refractivity contribution is 5.82. The third-order valence-corrected chi connectivity index (χ3v) is 6.58. The fourth-order valence-corrected chi connectivity index (χ4v) is 4.42. The zero-order valence-corrected chi connectivity index (χ0v) is 20.9. The Hall–Kier alpha value is -2.58. The molecular formula is C25H38N6O2. The van der Waals surface area contributed by atoms with E-state index in [1.165, 1.54) is 5.56 Å². The average Bonchev–Trinajstić information content (AvgIpc) is 3.26. The third kappa shape index (κ3) is 5.50. The van der Waals surface area contributed by atoms with Gasteiger partial charge >= 0.3 is 0 Å². The maximum atomic E-state index is 13.0. The highest BCUT2D eigenvalue weighted by Gasteiger charge is 2.31. The number of benzene rings is 1. The molecule has 0 spiro atoms. The van der Waals surface area contributed by atoms with E-state index in [9.17, 15) is 9.90 Å². The van der Waals surface area contributed by atoms with Crippen LogP contribution in [0.2, 0.25) is 0 Å². The molecule has 2 aromatic heterocycles. The van der Waals surface area contributed by atoms with Crippen molar-refractivity contribution in [1.29, 1.82) is 0 Å². The van der Waals surface area contributed by atoms with Gasteiger partial charge in [-0.1, -0.05) is 31.9 Å². The van der Waals surface area contributed by atoms with Gasteiger partial charge in [-0.25, -0.2) is 4.68 Å². The fraction of sp³-hybridized carbons (Fsp3) is 0.600. The third-order valence-electron chi connectivity index (χ3n) is 6.58. The number of H-pyrrole nitrogens is 1. The number of aromatic nitrogens is 5. The van der Waals surface area contributed by atoms with Crippen LogP contribution in [0.25, 0.3) is 10.9 Å². The number of aromatic amines is 1. The first-order chi connectivity index (χ1) is 15.7. The van der Waals surface area contributed by atoms with Gasteiger partial charge in [-0.15, -0.1) is 5.10 Å². The van der Waals surface area contributed by atoms with Crippen molar-refractivity contribution in [3.8, 4) is 0 Å². The molecule has 0 radical (unpaired) electrons. The Morgan fingerprint density at radius 3 is 2.64 bits per heavy atom. The molecule has 0 aliphatic heterocycles. The van der Waals surface area contributed by atoms with Gasteiger partial charge in [-0.2, -0.15) is 0 Å². The van der Waals surface area contributed by atoms with Crippen molar-refractivity contribution in [2.75, 3.05) is 13.2 Å². The van der Waals surface area contributed by atoms with Crippen molar-refractivity contribution in [1.82, 2.24) is 30.1 Å². The number of aryl methyl sites for hydroxylation is 2. The molecule has 3 rings (SSSR count). The largest absolute Gasteiger partial charge is 0.396 e. The molecule has 33 heavy (non-hydrogen) atoms. The number of fused-ring (bicyclic) bond motifs is 1. The summed E-state index contributed by atoms with van der Waals surface area (Å²) in [6, 6.07) is 6.13. The van der Waals surface area contributed by atoms with Gasteiger partial charge in [0.25, 0.3) is 5.56 Å². The zero-order chi connectivity index (χ0) is 24.2. The Kier molecular flexibility index (Phi) is 8.02. The minimum absolute atomic E-state index is 0.0586. The minimum atomic E-state index is -0.219. The van der Waals surface area contributed by atoms with Gasteiger partial charge in [0.1, 0.15) is 0 Å². The number of rotatable bonds is 11. The van der Waals surface area contributed by atoms with Crippen LogP contribution in [0.4, 0.5) is 0 Å². The number of nitrogens with one attached hydrogen (secondary N) is 1. The van der Waals surface area contributed by atoms with Crippen LogP contribution in [0.1, 0.15) is 81.9 Å². The molecule has 3 aromatic rings. The normalized spacial score (nSPS) is 13.2. The van der Waals surface area contributed by atoms with Gasteiger partial charge in [-0.3, -0.25) is 9.69 Å². The van der Waals surface area contributed by atoms with Crippen molar-refractivity contribution in [3.05, 3.63) is 51.1 Å². The maximum Gasteiger partial charge on any atom is 0.252 e. The molecule has 0 bridgehead atoms. The molecule has 0 saturated heterocycles. The van der Waals surface area contributed by atoms with Gasteiger partial charge in [0.2, 0.25) is 0 Å². The predicted octanol–water partition coefficient (Wildman–Crippen LogP) is 4.00. The van der Waals surface area contributed by atoms with E-state index in [1.54, 1.807) is 0 Å². The first-order valence-corrected chi connectivity index (χ1v) is 12.0. The van der Waals surface area contributed by atoms with Crippen LogP contribution in [0, 0.1) is 13.8 Å². The second-order valence-electron chi connectivity index (χ2n) is 9.64. The summed E-state index contributed by atoms with van der Waals surface area (Å²) in [5.74, 6) is 0.811. The molecule has 0 amide bonds. The average molecular weight is 455 g/mol. The molecule has 0 saturated carbocycles.